The van der Waals surface area contributed by atoms with Gasteiger partial charge in [0.15, 0.2) is 0 Å². The van der Waals surface area contributed by atoms with E-state index in [0.717, 1.165) is 25.7 Å². The highest BCUT2D eigenvalue weighted by molar-refractivity contribution is 6.30. The summed E-state index contributed by atoms with van der Waals surface area (Å²) >= 11 is 0. The number of benzene rings is 10. The fourth-order valence-electron chi connectivity index (χ4n) is 12.7. The minimum atomic E-state index is 0.00441. The van der Waals surface area contributed by atoms with Crippen molar-refractivity contribution in [2.45, 2.75) is 64.2 Å². The van der Waals surface area contributed by atoms with Crippen molar-refractivity contribution < 1.29 is 0 Å². The zero-order valence-corrected chi connectivity index (χ0v) is 36.1. The van der Waals surface area contributed by atoms with Gasteiger partial charge in [0.2, 0.25) is 0 Å². The Balaban J connectivity index is 1.14. The molecule has 0 heterocycles. The standard InChI is InChI=1S/C62H50/c1-5-61(6-2)53-31-19-17-21-41(53)43-35-33-39(37-55(43)61)57-45-23-9-13-27-49(45)59(50-28-14-10-24-46(50)57)60-51-29-15-11-25-47(51)58(48-26-12-16-30-52(48)60)40-34-36-44-42-22-18-20-32-54(42)62(7-3,8-4)56(44)38-40/h9-38H,5-8H2,1-4H3. The summed E-state index contributed by atoms with van der Waals surface area (Å²) in [6.45, 7) is 9.48. The Labute approximate surface area is 365 Å². The highest BCUT2D eigenvalue weighted by Crippen LogP contribution is 2.57. The summed E-state index contributed by atoms with van der Waals surface area (Å²) in [5.41, 5.74) is 19.3. The van der Waals surface area contributed by atoms with Crippen molar-refractivity contribution in [3.63, 3.8) is 0 Å². The van der Waals surface area contributed by atoms with Gasteiger partial charge in [-0.15, -0.1) is 0 Å². The van der Waals surface area contributed by atoms with E-state index in [2.05, 4.69) is 210 Å². The fraction of sp³-hybridized carbons (Fsp3) is 0.161. The summed E-state index contributed by atoms with van der Waals surface area (Å²) in [6, 6.07) is 69.8. The van der Waals surface area contributed by atoms with Gasteiger partial charge >= 0.3 is 0 Å². The second kappa shape index (κ2) is 13.9. The summed E-state index contributed by atoms with van der Waals surface area (Å²) in [5, 5.41) is 10.3. The molecule has 0 unspecified atom stereocenters. The van der Waals surface area contributed by atoms with Crippen LogP contribution in [0.3, 0.4) is 0 Å². The van der Waals surface area contributed by atoms with Crippen molar-refractivity contribution in [3.05, 3.63) is 204 Å². The zero-order chi connectivity index (χ0) is 41.7. The van der Waals surface area contributed by atoms with Gasteiger partial charge in [0.25, 0.3) is 0 Å². The van der Waals surface area contributed by atoms with Crippen LogP contribution in [0.1, 0.15) is 75.6 Å². The molecule has 0 saturated carbocycles. The molecule has 0 fully saturated rings. The maximum atomic E-state index is 2.55. The Bertz CT molecular complexity index is 3110. The molecule has 0 radical (unpaired) electrons. The molecule has 12 rings (SSSR count). The van der Waals surface area contributed by atoms with E-state index < -0.39 is 0 Å². The van der Waals surface area contributed by atoms with Crippen LogP contribution in [0, 0.1) is 0 Å². The third-order valence-corrected chi connectivity index (χ3v) is 15.6. The molecule has 0 aliphatic heterocycles. The van der Waals surface area contributed by atoms with E-state index in [9.17, 15) is 0 Å². The van der Waals surface area contributed by atoms with Gasteiger partial charge in [-0.2, -0.15) is 0 Å². The molecule has 298 valence electrons. The molecule has 2 aliphatic carbocycles. The van der Waals surface area contributed by atoms with E-state index in [4.69, 9.17) is 0 Å². The lowest BCUT2D eigenvalue weighted by Gasteiger charge is -2.30. The van der Waals surface area contributed by atoms with Crippen LogP contribution in [-0.4, -0.2) is 0 Å². The van der Waals surface area contributed by atoms with Crippen LogP contribution in [-0.2, 0) is 10.8 Å². The predicted octanol–water partition coefficient (Wildman–Crippen LogP) is 17.5. The molecule has 62 heavy (non-hydrogen) atoms. The highest BCUT2D eigenvalue weighted by atomic mass is 14.4. The summed E-state index contributed by atoms with van der Waals surface area (Å²) in [6.07, 6.45) is 4.30. The van der Waals surface area contributed by atoms with Crippen LogP contribution < -0.4 is 0 Å². The first kappa shape index (κ1) is 37.0. The first-order valence-corrected chi connectivity index (χ1v) is 22.9. The second-order valence-corrected chi connectivity index (χ2v) is 17.9. The minimum absolute atomic E-state index is 0.00441. The molecule has 0 atom stereocenters. The van der Waals surface area contributed by atoms with Crippen molar-refractivity contribution >= 4 is 43.1 Å². The van der Waals surface area contributed by atoms with Gasteiger partial charge < -0.3 is 0 Å². The molecule has 0 bridgehead atoms. The summed E-state index contributed by atoms with van der Waals surface area (Å²) in [5.74, 6) is 0. The number of hydrogen-bond acceptors (Lipinski definition) is 0. The maximum absolute atomic E-state index is 2.55. The average Bonchev–Trinajstić information content (AvgIpc) is 3.78. The lowest BCUT2D eigenvalue weighted by Crippen LogP contribution is -2.23. The Kier molecular flexibility index (Phi) is 8.29. The van der Waals surface area contributed by atoms with Crippen LogP contribution >= 0.6 is 0 Å². The molecule has 0 N–H and O–H groups in total. The van der Waals surface area contributed by atoms with Gasteiger partial charge in [-0.3, -0.25) is 0 Å². The van der Waals surface area contributed by atoms with Crippen LogP contribution in [0.15, 0.2) is 182 Å². The molecule has 0 aromatic heterocycles. The number of fused-ring (bicyclic) bond motifs is 10. The topological polar surface area (TPSA) is 0 Å². The van der Waals surface area contributed by atoms with Gasteiger partial charge in [0.05, 0.1) is 0 Å². The summed E-state index contributed by atoms with van der Waals surface area (Å²) in [4.78, 5) is 0. The van der Waals surface area contributed by atoms with Gasteiger partial charge in [0, 0.05) is 10.8 Å². The molecule has 0 nitrogen and oxygen atoms in total. The fourth-order valence-corrected chi connectivity index (χ4v) is 12.7. The molecule has 10 aromatic rings. The van der Waals surface area contributed by atoms with Gasteiger partial charge in [0.1, 0.15) is 0 Å². The van der Waals surface area contributed by atoms with Gasteiger partial charge in [-0.1, -0.05) is 198 Å². The van der Waals surface area contributed by atoms with Crippen LogP contribution in [0.5, 0.6) is 0 Å². The monoisotopic (exact) mass is 794 g/mol. The summed E-state index contributed by atoms with van der Waals surface area (Å²) < 4.78 is 0. The zero-order valence-electron chi connectivity index (χ0n) is 36.1. The maximum Gasteiger partial charge on any atom is 0.0210 e. The molecular formula is C62H50. The first-order valence-electron chi connectivity index (χ1n) is 22.9. The second-order valence-electron chi connectivity index (χ2n) is 17.9. The molecule has 0 heteroatoms. The van der Waals surface area contributed by atoms with Crippen molar-refractivity contribution in [2.24, 2.45) is 0 Å². The van der Waals surface area contributed by atoms with E-state index in [1.54, 1.807) is 0 Å². The van der Waals surface area contributed by atoms with Crippen LogP contribution in [0.4, 0.5) is 0 Å². The SMILES string of the molecule is CCC1(CC)c2ccccc2-c2ccc(-c3c4ccccc4c(-c4c5ccccc5c(-c5ccc6c(c5)C(CC)(CC)c5ccccc5-6)c5ccccc45)c4ccccc34)cc21. The van der Waals surface area contributed by atoms with Crippen molar-refractivity contribution in [1.29, 1.82) is 0 Å². The minimum Gasteiger partial charge on any atom is -0.0642 e. The van der Waals surface area contributed by atoms with Gasteiger partial charge in [-0.25, -0.2) is 0 Å². The third-order valence-electron chi connectivity index (χ3n) is 15.6. The van der Waals surface area contributed by atoms with E-state index in [-0.39, 0.29) is 10.8 Å². The van der Waals surface area contributed by atoms with Crippen molar-refractivity contribution in [2.75, 3.05) is 0 Å². The largest absolute Gasteiger partial charge is 0.0642 e. The Morgan fingerprint density at radius 1 is 0.258 bits per heavy atom. The van der Waals surface area contributed by atoms with Crippen LogP contribution in [0.25, 0.3) is 98.7 Å². The number of rotatable bonds is 7. The van der Waals surface area contributed by atoms with E-state index in [1.165, 1.54) is 121 Å². The molecular weight excluding hydrogens is 745 g/mol. The molecule has 0 saturated heterocycles. The average molecular weight is 795 g/mol. The first-order chi connectivity index (χ1) is 30.6. The van der Waals surface area contributed by atoms with Gasteiger partial charge in [-0.05, 0) is 159 Å². The lowest BCUT2D eigenvalue weighted by atomic mass is 9.73. The smallest absolute Gasteiger partial charge is 0.0210 e. The Morgan fingerprint density at radius 3 is 0.823 bits per heavy atom. The Hall–Kier alpha value is -6.76. The van der Waals surface area contributed by atoms with Crippen LogP contribution in [0.2, 0.25) is 0 Å². The normalized spacial score (nSPS) is 14.3. The van der Waals surface area contributed by atoms with E-state index in [1.807, 2.05) is 0 Å². The molecule has 10 aromatic carbocycles. The predicted molar refractivity (Wildman–Crippen MR) is 266 cm³/mol. The quantitative estimate of drug-likeness (QED) is 0.141. The van der Waals surface area contributed by atoms with Crippen molar-refractivity contribution in [1.82, 2.24) is 0 Å². The Morgan fingerprint density at radius 2 is 0.516 bits per heavy atom. The third kappa shape index (κ3) is 4.84. The molecule has 0 amide bonds. The highest BCUT2D eigenvalue weighted by Gasteiger charge is 2.42. The van der Waals surface area contributed by atoms with Crippen molar-refractivity contribution in [3.8, 4) is 55.6 Å². The van der Waals surface area contributed by atoms with E-state index in [0.29, 0.717) is 0 Å². The number of hydrogen-bond donors (Lipinski definition) is 0. The molecule has 2 aliphatic rings. The summed E-state index contributed by atoms with van der Waals surface area (Å²) in [7, 11) is 0. The lowest BCUT2D eigenvalue weighted by molar-refractivity contribution is 0.490. The van der Waals surface area contributed by atoms with E-state index >= 15 is 0 Å². The molecule has 0 spiro atoms.